The van der Waals surface area contributed by atoms with E-state index in [4.69, 9.17) is 4.74 Å². The molecule has 0 atom stereocenters. The van der Waals surface area contributed by atoms with Crippen molar-refractivity contribution in [2.45, 2.75) is 25.8 Å². The van der Waals surface area contributed by atoms with Gasteiger partial charge in [-0.25, -0.2) is 9.18 Å². The Bertz CT molecular complexity index is 1040. The zero-order chi connectivity index (χ0) is 19.7. The number of carbonyl (C=O) groups is 2. The fourth-order valence-electron chi connectivity index (χ4n) is 3.13. The summed E-state index contributed by atoms with van der Waals surface area (Å²) in [6, 6.07) is 5.67. The van der Waals surface area contributed by atoms with Gasteiger partial charge in [-0.15, -0.1) is 21.5 Å². The number of tetrazole rings is 1. The SMILES string of the molecule is COC(=O)c1c(NC(=O)Cn2nnc(-c3ccc(F)cc3)n2)sc2c1CCC2. The van der Waals surface area contributed by atoms with E-state index < -0.39 is 5.97 Å². The number of fused-ring (bicyclic) bond motifs is 1. The lowest BCUT2D eigenvalue weighted by molar-refractivity contribution is -0.117. The van der Waals surface area contributed by atoms with Gasteiger partial charge in [0.15, 0.2) is 0 Å². The van der Waals surface area contributed by atoms with Crippen LogP contribution in [0.15, 0.2) is 24.3 Å². The second-order valence-electron chi connectivity index (χ2n) is 6.25. The van der Waals surface area contributed by atoms with Gasteiger partial charge in [-0.2, -0.15) is 4.80 Å². The van der Waals surface area contributed by atoms with E-state index in [1.54, 1.807) is 0 Å². The zero-order valence-electron chi connectivity index (χ0n) is 14.9. The summed E-state index contributed by atoms with van der Waals surface area (Å²) < 4.78 is 17.9. The standard InChI is InChI=1S/C18H16FN5O3S/c1-27-18(26)15-12-3-2-4-13(12)28-17(15)20-14(25)9-24-22-16(21-23-24)10-5-7-11(19)8-6-10/h5-8H,2-4,9H2,1H3,(H,20,25). The van der Waals surface area contributed by atoms with E-state index in [0.29, 0.717) is 16.1 Å². The van der Waals surface area contributed by atoms with Gasteiger partial charge in [0.1, 0.15) is 17.4 Å². The van der Waals surface area contributed by atoms with E-state index in [1.165, 1.54) is 42.7 Å². The molecule has 0 spiro atoms. The minimum atomic E-state index is -0.452. The van der Waals surface area contributed by atoms with Gasteiger partial charge in [-0.3, -0.25) is 4.79 Å². The van der Waals surface area contributed by atoms with Crippen molar-refractivity contribution in [1.29, 1.82) is 0 Å². The number of ether oxygens (including phenoxy) is 1. The Morgan fingerprint density at radius 1 is 1.29 bits per heavy atom. The first kappa shape index (κ1) is 18.2. The van der Waals surface area contributed by atoms with Gasteiger partial charge in [-0.05, 0) is 54.3 Å². The van der Waals surface area contributed by atoms with Crippen molar-refractivity contribution in [2.24, 2.45) is 0 Å². The molecule has 2 aromatic heterocycles. The molecule has 0 saturated carbocycles. The molecule has 28 heavy (non-hydrogen) atoms. The number of aromatic nitrogens is 4. The van der Waals surface area contributed by atoms with E-state index in [-0.39, 0.29) is 24.1 Å². The number of carbonyl (C=O) groups excluding carboxylic acids is 2. The van der Waals surface area contributed by atoms with Crippen molar-refractivity contribution in [3.05, 3.63) is 46.1 Å². The second-order valence-corrected chi connectivity index (χ2v) is 7.36. The number of nitrogens with zero attached hydrogens (tertiary/aromatic N) is 4. The Hall–Kier alpha value is -3.14. The molecule has 2 heterocycles. The van der Waals surface area contributed by atoms with Gasteiger partial charge in [0.25, 0.3) is 0 Å². The molecule has 1 aromatic carbocycles. The lowest BCUT2D eigenvalue weighted by Gasteiger charge is -2.06. The predicted molar refractivity (Wildman–Crippen MR) is 99.5 cm³/mol. The Labute approximate surface area is 163 Å². The van der Waals surface area contributed by atoms with Crippen LogP contribution in [0.3, 0.4) is 0 Å². The zero-order valence-corrected chi connectivity index (χ0v) is 15.8. The Kier molecular flexibility index (Phi) is 4.86. The highest BCUT2D eigenvalue weighted by molar-refractivity contribution is 7.17. The van der Waals surface area contributed by atoms with E-state index in [1.807, 2.05) is 0 Å². The molecule has 8 nitrogen and oxygen atoms in total. The topological polar surface area (TPSA) is 99.0 Å². The number of methoxy groups -OCH3 is 1. The van der Waals surface area contributed by atoms with Crippen molar-refractivity contribution in [3.63, 3.8) is 0 Å². The number of thiophene rings is 1. The summed E-state index contributed by atoms with van der Waals surface area (Å²) in [5.41, 5.74) is 1.99. The number of aryl methyl sites for hydroxylation is 1. The summed E-state index contributed by atoms with van der Waals surface area (Å²) in [6.45, 7) is -0.169. The molecule has 0 bridgehead atoms. The van der Waals surface area contributed by atoms with Crippen LogP contribution in [-0.4, -0.2) is 39.2 Å². The molecule has 0 radical (unpaired) electrons. The predicted octanol–water partition coefficient (Wildman–Crippen LogP) is 2.45. The Morgan fingerprint density at radius 3 is 2.82 bits per heavy atom. The first-order valence-corrected chi connectivity index (χ1v) is 9.43. The number of anilines is 1. The number of hydrogen-bond acceptors (Lipinski definition) is 7. The summed E-state index contributed by atoms with van der Waals surface area (Å²) in [6.07, 6.45) is 2.69. The second kappa shape index (κ2) is 7.47. The molecule has 144 valence electrons. The van der Waals surface area contributed by atoms with E-state index in [9.17, 15) is 14.0 Å². The molecule has 0 fully saturated rings. The maximum Gasteiger partial charge on any atom is 0.341 e. The molecule has 0 unspecified atom stereocenters. The number of rotatable bonds is 5. The molecule has 1 amide bonds. The minimum Gasteiger partial charge on any atom is -0.465 e. The Morgan fingerprint density at radius 2 is 2.07 bits per heavy atom. The quantitative estimate of drug-likeness (QED) is 0.660. The van der Waals surface area contributed by atoms with Gasteiger partial charge in [0.2, 0.25) is 11.7 Å². The summed E-state index contributed by atoms with van der Waals surface area (Å²) in [7, 11) is 1.32. The van der Waals surface area contributed by atoms with E-state index in [2.05, 4.69) is 20.7 Å². The highest BCUT2D eigenvalue weighted by atomic mass is 32.1. The van der Waals surface area contributed by atoms with Gasteiger partial charge in [0, 0.05) is 10.4 Å². The summed E-state index contributed by atoms with van der Waals surface area (Å²) in [4.78, 5) is 26.8. The largest absolute Gasteiger partial charge is 0.465 e. The third kappa shape index (κ3) is 3.50. The van der Waals surface area contributed by atoms with Crippen LogP contribution >= 0.6 is 11.3 Å². The first-order chi connectivity index (χ1) is 13.5. The molecular weight excluding hydrogens is 385 g/mol. The van der Waals surface area contributed by atoms with Crippen LogP contribution in [0.1, 0.15) is 27.2 Å². The van der Waals surface area contributed by atoms with Gasteiger partial charge in [0.05, 0.1) is 12.7 Å². The van der Waals surface area contributed by atoms with Crippen LogP contribution in [0.2, 0.25) is 0 Å². The molecule has 1 N–H and O–H groups in total. The van der Waals surface area contributed by atoms with Crippen LogP contribution in [0.25, 0.3) is 11.4 Å². The smallest absolute Gasteiger partial charge is 0.341 e. The average molecular weight is 401 g/mol. The van der Waals surface area contributed by atoms with Gasteiger partial charge >= 0.3 is 5.97 Å². The molecule has 10 heteroatoms. The van der Waals surface area contributed by atoms with Crippen molar-refractivity contribution in [2.75, 3.05) is 12.4 Å². The molecular formula is C18H16FN5O3S. The van der Waals surface area contributed by atoms with E-state index >= 15 is 0 Å². The Balaban J connectivity index is 1.48. The highest BCUT2D eigenvalue weighted by Crippen LogP contribution is 2.39. The fraction of sp³-hybridized carbons (Fsp3) is 0.278. The molecule has 3 aromatic rings. The van der Waals surface area contributed by atoms with E-state index in [0.717, 1.165) is 34.5 Å². The monoisotopic (exact) mass is 401 g/mol. The fourth-order valence-corrected chi connectivity index (χ4v) is 4.42. The highest BCUT2D eigenvalue weighted by Gasteiger charge is 2.28. The van der Waals surface area contributed by atoms with Gasteiger partial charge < -0.3 is 10.1 Å². The summed E-state index contributed by atoms with van der Waals surface area (Å²) >= 11 is 1.40. The summed E-state index contributed by atoms with van der Waals surface area (Å²) in [5.74, 6) is -0.904. The van der Waals surface area contributed by atoms with Crippen molar-refractivity contribution in [1.82, 2.24) is 20.2 Å². The molecule has 0 saturated heterocycles. The number of nitrogens with one attached hydrogen (secondary N) is 1. The first-order valence-electron chi connectivity index (χ1n) is 8.61. The number of esters is 1. The maximum absolute atomic E-state index is 13.0. The maximum atomic E-state index is 13.0. The minimum absolute atomic E-state index is 0.169. The third-order valence-corrected chi connectivity index (χ3v) is 5.61. The van der Waals surface area contributed by atoms with Crippen LogP contribution in [0.5, 0.6) is 0 Å². The average Bonchev–Trinajstić information content (AvgIpc) is 3.38. The third-order valence-electron chi connectivity index (χ3n) is 4.40. The van der Waals surface area contributed by atoms with Crippen LogP contribution in [0.4, 0.5) is 9.39 Å². The van der Waals surface area contributed by atoms with Crippen molar-refractivity contribution >= 4 is 28.2 Å². The number of amides is 1. The van der Waals surface area contributed by atoms with Crippen molar-refractivity contribution < 1.29 is 18.7 Å². The molecule has 1 aliphatic carbocycles. The van der Waals surface area contributed by atoms with Crippen LogP contribution in [-0.2, 0) is 28.9 Å². The van der Waals surface area contributed by atoms with Crippen molar-refractivity contribution in [3.8, 4) is 11.4 Å². The molecule has 1 aliphatic rings. The van der Waals surface area contributed by atoms with Crippen LogP contribution in [0, 0.1) is 5.82 Å². The lowest BCUT2D eigenvalue weighted by Crippen LogP contribution is -2.21. The van der Waals surface area contributed by atoms with Crippen LogP contribution < -0.4 is 5.32 Å². The van der Waals surface area contributed by atoms with Gasteiger partial charge in [-0.1, -0.05) is 0 Å². The lowest BCUT2D eigenvalue weighted by atomic mass is 10.1. The number of benzene rings is 1. The molecule has 4 rings (SSSR count). The normalized spacial score (nSPS) is 12.6. The molecule has 0 aliphatic heterocycles. The number of halogens is 1. The number of hydrogen-bond donors (Lipinski definition) is 1. The summed E-state index contributed by atoms with van der Waals surface area (Å²) in [5, 5.41) is 15.1.